The first-order valence-corrected chi connectivity index (χ1v) is 9.28. The Kier molecular flexibility index (Phi) is 10.3. The summed E-state index contributed by atoms with van der Waals surface area (Å²) in [6.07, 6.45) is 1.07. The molecule has 0 spiro atoms. The number of hydrogen-bond acceptors (Lipinski definition) is 5. The van der Waals surface area contributed by atoms with Gasteiger partial charge in [-0.1, -0.05) is 6.92 Å². The molecule has 2 rings (SSSR count). The molecule has 0 aliphatic rings. The second-order valence-electron chi connectivity index (χ2n) is 5.49. The lowest BCUT2D eigenvalue weighted by Crippen LogP contribution is -2.36. The van der Waals surface area contributed by atoms with Crippen LogP contribution in [0.15, 0.2) is 29.3 Å². The van der Waals surface area contributed by atoms with Gasteiger partial charge >= 0.3 is 0 Å². The Labute approximate surface area is 182 Å². The number of rotatable bonds is 8. The summed E-state index contributed by atoms with van der Waals surface area (Å²) in [7, 11) is 6.59. The number of aryl methyl sites for hydroxylation is 1. The summed E-state index contributed by atoms with van der Waals surface area (Å²) in [5.41, 5.74) is 0.956. The largest absolute Gasteiger partial charge is 0.493 e. The maximum atomic E-state index is 5.52. The average Bonchev–Trinajstić information content (AvgIpc) is 3.15. The maximum Gasteiger partial charge on any atom is 0.203 e. The Hall–Kier alpha value is -1.68. The Morgan fingerprint density at radius 1 is 0.926 bits per heavy atom. The second-order valence-corrected chi connectivity index (χ2v) is 6.75. The van der Waals surface area contributed by atoms with Crippen molar-refractivity contribution in [1.29, 1.82) is 0 Å². The van der Waals surface area contributed by atoms with E-state index in [-0.39, 0.29) is 24.0 Å². The number of benzene rings is 1. The van der Waals surface area contributed by atoms with Crippen molar-refractivity contribution >= 4 is 41.3 Å². The van der Waals surface area contributed by atoms with E-state index < -0.39 is 0 Å². The van der Waals surface area contributed by atoms with E-state index in [0.717, 1.165) is 24.5 Å². The molecule has 150 valence electrons. The van der Waals surface area contributed by atoms with E-state index in [4.69, 9.17) is 14.2 Å². The number of aliphatic imine (C=N–C) groups is 1. The van der Waals surface area contributed by atoms with E-state index in [1.165, 1.54) is 9.75 Å². The molecule has 8 heteroatoms. The van der Waals surface area contributed by atoms with Gasteiger partial charge in [0.05, 0.1) is 27.9 Å². The first kappa shape index (κ1) is 23.4. The van der Waals surface area contributed by atoms with Crippen molar-refractivity contribution in [3.63, 3.8) is 0 Å². The number of hydrogen-bond donors (Lipinski definition) is 2. The van der Waals surface area contributed by atoms with E-state index in [1.807, 2.05) is 23.5 Å². The molecule has 0 atom stereocenters. The molecule has 27 heavy (non-hydrogen) atoms. The van der Waals surface area contributed by atoms with E-state index >= 15 is 0 Å². The van der Waals surface area contributed by atoms with Gasteiger partial charge in [-0.25, -0.2) is 0 Å². The van der Waals surface area contributed by atoms with Crippen molar-refractivity contribution in [3.05, 3.63) is 39.6 Å². The number of halogens is 1. The van der Waals surface area contributed by atoms with Crippen molar-refractivity contribution in [1.82, 2.24) is 10.6 Å². The topological polar surface area (TPSA) is 64.1 Å². The molecule has 1 aromatic heterocycles. The third kappa shape index (κ3) is 6.17. The van der Waals surface area contributed by atoms with Crippen LogP contribution in [0.1, 0.15) is 22.2 Å². The van der Waals surface area contributed by atoms with E-state index in [9.17, 15) is 0 Å². The number of nitrogens with one attached hydrogen (secondary N) is 2. The molecule has 6 nitrogen and oxygen atoms in total. The van der Waals surface area contributed by atoms with Gasteiger partial charge in [-0.2, -0.15) is 0 Å². The number of nitrogens with zero attached hydrogens (tertiary/aromatic N) is 1. The highest BCUT2D eigenvalue weighted by molar-refractivity contribution is 14.0. The van der Waals surface area contributed by atoms with Gasteiger partial charge in [0.15, 0.2) is 17.5 Å². The van der Waals surface area contributed by atoms with Gasteiger partial charge in [0.2, 0.25) is 5.75 Å². The summed E-state index contributed by atoms with van der Waals surface area (Å²) in [5.74, 6) is 2.61. The quantitative estimate of drug-likeness (QED) is 0.325. The average molecular weight is 505 g/mol. The molecule has 1 aromatic carbocycles. The minimum atomic E-state index is 0. The molecule has 2 N–H and O–H groups in total. The highest BCUT2D eigenvalue weighted by atomic mass is 127. The van der Waals surface area contributed by atoms with Crippen molar-refractivity contribution in [2.45, 2.75) is 26.4 Å². The lowest BCUT2D eigenvalue weighted by atomic mass is 10.1. The summed E-state index contributed by atoms with van der Waals surface area (Å²) >= 11 is 1.82. The first-order valence-electron chi connectivity index (χ1n) is 8.46. The van der Waals surface area contributed by atoms with Crippen molar-refractivity contribution < 1.29 is 14.2 Å². The second kappa shape index (κ2) is 11.9. The zero-order valence-electron chi connectivity index (χ0n) is 16.4. The Balaban J connectivity index is 0.00000364. The van der Waals surface area contributed by atoms with Crippen LogP contribution in [-0.4, -0.2) is 34.3 Å². The summed E-state index contributed by atoms with van der Waals surface area (Å²) in [4.78, 5) is 6.95. The molecule has 0 saturated heterocycles. The van der Waals surface area contributed by atoms with Crippen LogP contribution in [0.5, 0.6) is 17.2 Å². The van der Waals surface area contributed by atoms with Gasteiger partial charge in [-0.05, 0) is 30.7 Å². The van der Waals surface area contributed by atoms with Gasteiger partial charge in [-0.3, -0.25) is 4.99 Å². The SMILES string of the molecule is CCc1ccc(CNC(=NC)NCc2ccc(OC)c(OC)c2OC)s1.I. The molecule has 0 bridgehead atoms. The predicted octanol–water partition coefficient (Wildman–Crippen LogP) is 3.82. The first-order chi connectivity index (χ1) is 12.7. The van der Waals surface area contributed by atoms with Crippen molar-refractivity contribution in [2.75, 3.05) is 28.4 Å². The highest BCUT2D eigenvalue weighted by Crippen LogP contribution is 2.39. The van der Waals surface area contributed by atoms with Gasteiger partial charge in [0.1, 0.15) is 0 Å². The molecule has 0 fully saturated rings. The molecule has 0 radical (unpaired) electrons. The van der Waals surface area contributed by atoms with Crippen LogP contribution >= 0.6 is 35.3 Å². The number of methoxy groups -OCH3 is 3. The van der Waals surface area contributed by atoms with Crippen LogP contribution < -0.4 is 24.8 Å². The Morgan fingerprint density at radius 2 is 1.59 bits per heavy atom. The molecule has 2 aromatic rings. The van der Waals surface area contributed by atoms with Crippen LogP contribution in [0.25, 0.3) is 0 Å². The minimum absolute atomic E-state index is 0. The van der Waals surface area contributed by atoms with Gasteiger partial charge < -0.3 is 24.8 Å². The summed E-state index contributed by atoms with van der Waals surface area (Å²) < 4.78 is 16.3. The summed E-state index contributed by atoms with van der Waals surface area (Å²) in [5, 5.41) is 6.64. The monoisotopic (exact) mass is 505 g/mol. The Bertz CT molecular complexity index is 750. The van der Waals surface area contributed by atoms with Crippen LogP contribution in [0.4, 0.5) is 0 Å². The smallest absolute Gasteiger partial charge is 0.203 e. The predicted molar refractivity (Wildman–Crippen MR) is 122 cm³/mol. The summed E-state index contributed by atoms with van der Waals surface area (Å²) in [6, 6.07) is 8.15. The van der Waals surface area contributed by atoms with Crippen LogP contribution in [-0.2, 0) is 19.5 Å². The fraction of sp³-hybridized carbons (Fsp3) is 0.421. The zero-order valence-corrected chi connectivity index (χ0v) is 19.6. The lowest BCUT2D eigenvalue weighted by molar-refractivity contribution is 0.322. The molecule has 1 heterocycles. The third-order valence-electron chi connectivity index (χ3n) is 3.95. The number of thiophene rings is 1. The zero-order chi connectivity index (χ0) is 18.9. The van der Waals surface area contributed by atoms with Gasteiger partial charge in [0.25, 0.3) is 0 Å². The highest BCUT2D eigenvalue weighted by Gasteiger charge is 2.15. The van der Waals surface area contributed by atoms with Crippen LogP contribution in [0.2, 0.25) is 0 Å². The third-order valence-corrected chi connectivity index (χ3v) is 5.18. The molecule has 0 saturated carbocycles. The van der Waals surface area contributed by atoms with Crippen LogP contribution in [0.3, 0.4) is 0 Å². The van der Waals surface area contributed by atoms with Crippen molar-refractivity contribution in [2.24, 2.45) is 4.99 Å². The molecule has 0 unspecified atom stereocenters. The fourth-order valence-corrected chi connectivity index (χ4v) is 3.48. The minimum Gasteiger partial charge on any atom is -0.493 e. The summed E-state index contributed by atoms with van der Waals surface area (Å²) in [6.45, 7) is 3.46. The Morgan fingerprint density at radius 3 is 2.15 bits per heavy atom. The molecular weight excluding hydrogens is 477 g/mol. The number of ether oxygens (including phenoxy) is 3. The van der Waals surface area contributed by atoms with Gasteiger partial charge in [0, 0.05) is 28.9 Å². The maximum absolute atomic E-state index is 5.52. The molecule has 0 aliphatic carbocycles. The standard InChI is InChI=1S/C19H27N3O3S.HI/c1-6-14-8-9-15(26-14)12-22-19(20-2)21-11-13-7-10-16(23-3)18(25-5)17(13)24-4;/h7-10H,6,11-12H2,1-5H3,(H2,20,21,22);1H. The van der Waals surface area contributed by atoms with E-state index in [2.05, 4.69) is 34.7 Å². The lowest BCUT2D eigenvalue weighted by Gasteiger charge is -2.17. The van der Waals surface area contributed by atoms with Gasteiger partial charge in [-0.15, -0.1) is 35.3 Å². The van der Waals surface area contributed by atoms with Crippen LogP contribution in [0, 0.1) is 0 Å². The molecule has 0 amide bonds. The normalized spacial score (nSPS) is 10.8. The van der Waals surface area contributed by atoms with E-state index in [0.29, 0.717) is 23.8 Å². The van der Waals surface area contributed by atoms with E-state index in [1.54, 1.807) is 28.4 Å². The molecule has 0 aliphatic heterocycles. The fourth-order valence-electron chi connectivity index (χ4n) is 2.58. The molecular formula is C19H28IN3O3S. The van der Waals surface area contributed by atoms with Crippen molar-refractivity contribution in [3.8, 4) is 17.2 Å². The number of guanidine groups is 1.